The van der Waals surface area contributed by atoms with Crippen LogP contribution in [0.5, 0.6) is 0 Å². The molecule has 0 spiro atoms. The molecule has 0 saturated carbocycles. The molecule has 4 heteroatoms. The molecule has 1 aliphatic heterocycles. The summed E-state index contributed by atoms with van der Waals surface area (Å²) >= 11 is 0. The molecule has 14 heavy (non-hydrogen) atoms. The Morgan fingerprint density at radius 2 is 1.93 bits per heavy atom. The summed E-state index contributed by atoms with van der Waals surface area (Å²) in [6.45, 7) is 6.27. The first kappa shape index (κ1) is 11.5. The van der Waals surface area contributed by atoms with Gasteiger partial charge in [-0.15, -0.1) is 0 Å². The first-order valence-electron chi connectivity index (χ1n) is 5.35. The van der Waals surface area contributed by atoms with Crippen molar-refractivity contribution in [2.24, 2.45) is 5.84 Å². The van der Waals surface area contributed by atoms with Crippen LogP contribution in [-0.2, 0) is 4.79 Å². The summed E-state index contributed by atoms with van der Waals surface area (Å²) < 4.78 is 0. The second-order valence-electron chi connectivity index (χ2n) is 4.26. The van der Waals surface area contributed by atoms with Crippen molar-refractivity contribution in [3.8, 4) is 0 Å². The summed E-state index contributed by atoms with van der Waals surface area (Å²) in [6.07, 6.45) is 3.61. The van der Waals surface area contributed by atoms with Gasteiger partial charge in [-0.1, -0.05) is 6.42 Å². The lowest BCUT2D eigenvalue weighted by atomic mass is 9.95. The Morgan fingerprint density at radius 1 is 1.43 bits per heavy atom. The smallest absolute Gasteiger partial charge is 0.250 e. The topological polar surface area (TPSA) is 58.4 Å². The molecule has 3 unspecified atom stereocenters. The van der Waals surface area contributed by atoms with Crippen molar-refractivity contribution >= 4 is 5.91 Å². The maximum Gasteiger partial charge on any atom is 0.250 e. The van der Waals surface area contributed by atoms with Gasteiger partial charge < -0.3 is 0 Å². The lowest BCUT2D eigenvalue weighted by Crippen LogP contribution is -2.55. The standard InChI is InChI=1S/C10H21N3O/c1-7-5-4-6-8(2)13(7)9(3)10(14)12-11/h7-9H,4-6,11H2,1-3H3,(H,12,14). The van der Waals surface area contributed by atoms with Gasteiger partial charge in [0.15, 0.2) is 0 Å². The van der Waals surface area contributed by atoms with E-state index in [0.29, 0.717) is 12.1 Å². The molecular weight excluding hydrogens is 178 g/mol. The van der Waals surface area contributed by atoms with Gasteiger partial charge in [0.05, 0.1) is 6.04 Å². The van der Waals surface area contributed by atoms with Gasteiger partial charge in [0.25, 0.3) is 5.91 Å². The van der Waals surface area contributed by atoms with E-state index >= 15 is 0 Å². The number of hydrazine groups is 1. The Labute approximate surface area is 85.8 Å². The molecule has 0 aromatic rings. The number of hydrogen-bond acceptors (Lipinski definition) is 3. The first-order valence-corrected chi connectivity index (χ1v) is 5.35. The molecule has 3 N–H and O–H groups in total. The van der Waals surface area contributed by atoms with Gasteiger partial charge in [0.1, 0.15) is 0 Å². The molecule has 0 aromatic carbocycles. The third kappa shape index (κ3) is 2.25. The van der Waals surface area contributed by atoms with Crippen molar-refractivity contribution in [1.82, 2.24) is 10.3 Å². The van der Waals surface area contributed by atoms with E-state index < -0.39 is 0 Å². The summed E-state index contributed by atoms with van der Waals surface area (Å²) in [5.41, 5.74) is 2.22. The van der Waals surface area contributed by atoms with E-state index in [-0.39, 0.29) is 11.9 Å². The monoisotopic (exact) mass is 199 g/mol. The fourth-order valence-electron chi connectivity index (χ4n) is 2.46. The van der Waals surface area contributed by atoms with Crippen LogP contribution in [-0.4, -0.2) is 28.9 Å². The zero-order valence-electron chi connectivity index (χ0n) is 9.29. The van der Waals surface area contributed by atoms with Gasteiger partial charge >= 0.3 is 0 Å². The van der Waals surface area contributed by atoms with Crippen LogP contribution < -0.4 is 11.3 Å². The number of amides is 1. The molecule has 3 atom stereocenters. The SMILES string of the molecule is CC1CCCC(C)N1C(C)C(=O)NN. The molecular formula is C10H21N3O. The van der Waals surface area contributed by atoms with Crippen molar-refractivity contribution in [3.05, 3.63) is 0 Å². The average Bonchev–Trinajstić information content (AvgIpc) is 2.16. The molecule has 1 amide bonds. The zero-order valence-corrected chi connectivity index (χ0v) is 9.29. The minimum Gasteiger partial charge on any atom is -0.293 e. The van der Waals surface area contributed by atoms with Crippen LogP contribution in [0.4, 0.5) is 0 Å². The summed E-state index contributed by atoms with van der Waals surface area (Å²) in [5, 5.41) is 0. The van der Waals surface area contributed by atoms with E-state index in [4.69, 9.17) is 5.84 Å². The highest BCUT2D eigenvalue weighted by molar-refractivity contribution is 5.80. The van der Waals surface area contributed by atoms with Gasteiger partial charge in [-0.2, -0.15) is 0 Å². The maximum absolute atomic E-state index is 11.4. The van der Waals surface area contributed by atoms with Crippen LogP contribution in [0, 0.1) is 0 Å². The summed E-state index contributed by atoms with van der Waals surface area (Å²) in [6, 6.07) is 0.836. The Hall–Kier alpha value is -0.610. The Bertz CT molecular complexity index is 198. The van der Waals surface area contributed by atoms with Crippen molar-refractivity contribution in [2.45, 2.75) is 58.2 Å². The van der Waals surface area contributed by atoms with Crippen molar-refractivity contribution in [1.29, 1.82) is 0 Å². The third-order valence-electron chi connectivity index (χ3n) is 3.23. The highest BCUT2D eigenvalue weighted by atomic mass is 16.2. The zero-order chi connectivity index (χ0) is 10.7. The molecule has 1 heterocycles. The molecule has 1 aliphatic rings. The lowest BCUT2D eigenvalue weighted by Gasteiger charge is -2.42. The van der Waals surface area contributed by atoms with Crippen LogP contribution in [0.15, 0.2) is 0 Å². The number of carbonyl (C=O) groups is 1. The van der Waals surface area contributed by atoms with Crippen molar-refractivity contribution in [3.63, 3.8) is 0 Å². The molecule has 0 aliphatic carbocycles. The summed E-state index contributed by atoms with van der Waals surface area (Å²) in [5.74, 6) is 5.05. The van der Waals surface area contributed by atoms with Crippen molar-refractivity contribution in [2.75, 3.05) is 0 Å². The number of nitrogens with zero attached hydrogens (tertiary/aromatic N) is 1. The van der Waals surface area contributed by atoms with Crippen LogP contribution in [0.2, 0.25) is 0 Å². The number of hydrogen-bond donors (Lipinski definition) is 2. The lowest BCUT2D eigenvalue weighted by molar-refractivity contribution is -0.128. The largest absolute Gasteiger partial charge is 0.293 e. The van der Waals surface area contributed by atoms with E-state index in [9.17, 15) is 4.79 Å². The maximum atomic E-state index is 11.4. The third-order valence-corrected chi connectivity index (χ3v) is 3.23. The number of piperidine rings is 1. The van der Waals surface area contributed by atoms with Crippen molar-refractivity contribution < 1.29 is 4.79 Å². The minimum atomic E-state index is -0.120. The molecule has 4 nitrogen and oxygen atoms in total. The fraction of sp³-hybridized carbons (Fsp3) is 0.900. The van der Waals surface area contributed by atoms with E-state index in [0.717, 1.165) is 0 Å². The Balaban J connectivity index is 2.67. The van der Waals surface area contributed by atoms with Gasteiger partial charge in [-0.05, 0) is 33.6 Å². The van der Waals surface area contributed by atoms with Gasteiger partial charge in [0, 0.05) is 12.1 Å². The predicted octanol–water partition coefficient (Wildman–Crippen LogP) is 0.628. The molecule has 0 aromatic heterocycles. The fourth-order valence-corrected chi connectivity index (χ4v) is 2.46. The highest BCUT2D eigenvalue weighted by Gasteiger charge is 2.31. The van der Waals surface area contributed by atoms with E-state index in [1.54, 1.807) is 0 Å². The van der Waals surface area contributed by atoms with Crippen LogP contribution in [0.25, 0.3) is 0 Å². The normalized spacial score (nSPS) is 31.1. The number of nitrogens with one attached hydrogen (secondary N) is 1. The summed E-state index contributed by atoms with van der Waals surface area (Å²) in [7, 11) is 0. The van der Waals surface area contributed by atoms with E-state index in [1.165, 1.54) is 19.3 Å². The minimum absolute atomic E-state index is 0.0920. The van der Waals surface area contributed by atoms with E-state index in [2.05, 4.69) is 24.2 Å². The van der Waals surface area contributed by atoms with Gasteiger partial charge in [-0.25, -0.2) is 5.84 Å². The van der Waals surface area contributed by atoms with E-state index in [1.807, 2.05) is 6.92 Å². The van der Waals surface area contributed by atoms with Crippen LogP contribution in [0.3, 0.4) is 0 Å². The first-order chi connectivity index (χ1) is 6.57. The second kappa shape index (κ2) is 4.75. The molecule has 82 valence electrons. The quantitative estimate of drug-likeness (QED) is 0.389. The van der Waals surface area contributed by atoms with Crippen LogP contribution in [0.1, 0.15) is 40.0 Å². The highest BCUT2D eigenvalue weighted by Crippen LogP contribution is 2.24. The number of nitrogens with two attached hydrogens (primary N) is 1. The molecule has 0 bridgehead atoms. The molecule has 1 fully saturated rings. The summed E-state index contributed by atoms with van der Waals surface area (Å²) in [4.78, 5) is 13.7. The average molecular weight is 199 g/mol. The molecule has 0 radical (unpaired) electrons. The number of likely N-dealkylation sites (tertiary alicyclic amines) is 1. The number of carbonyl (C=O) groups excluding carboxylic acids is 1. The van der Waals surface area contributed by atoms with Crippen LogP contribution >= 0.6 is 0 Å². The van der Waals surface area contributed by atoms with Gasteiger partial charge in [0.2, 0.25) is 0 Å². The molecule has 1 saturated heterocycles. The Kier molecular flexibility index (Phi) is 3.89. The predicted molar refractivity (Wildman–Crippen MR) is 56.4 cm³/mol. The van der Waals surface area contributed by atoms with Gasteiger partial charge in [-0.3, -0.25) is 15.1 Å². The Morgan fingerprint density at radius 3 is 2.36 bits per heavy atom. The second-order valence-corrected chi connectivity index (χ2v) is 4.26. The molecule has 1 rings (SSSR count). The number of rotatable bonds is 2.